The van der Waals surface area contributed by atoms with Crippen LogP contribution in [0.1, 0.15) is 57.1 Å². The first-order valence-corrected chi connectivity index (χ1v) is 11.7. The second kappa shape index (κ2) is 7.10. The number of nitrogens with one attached hydrogen (secondary N) is 2. The molecule has 3 saturated carbocycles. The summed E-state index contributed by atoms with van der Waals surface area (Å²) in [5.74, 6) is -1.87. The fourth-order valence-electron chi connectivity index (χ4n) is 5.50. The fourth-order valence-corrected chi connectivity index (χ4v) is 5.69. The molecule has 0 bridgehead atoms. The molecule has 31 heavy (non-hydrogen) atoms. The minimum atomic E-state index is -2.46. The van der Waals surface area contributed by atoms with Gasteiger partial charge in [0.05, 0.1) is 23.1 Å². The van der Waals surface area contributed by atoms with Crippen LogP contribution >= 0.6 is 11.6 Å². The van der Waals surface area contributed by atoms with E-state index < -0.39 is 5.92 Å². The molecule has 3 fully saturated rings. The molecule has 166 valence electrons. The van der Waals surface area contributed by atoms with Crippen molar-refractivity contribution in [2.75, 3.05) is 5.32 Å². The van der Waals surface area contributed by atoms with Crippen molar-refractivity contribution in [3.05, 3.63) is 23.1 Å². The van der Waals surface area contributed by atoms with Crippen molar-refractivity contribution < 1.29 is 8.78 Å². The molecule has 9 heteroatoms. The molecule has 4 aliphatic rings. The maximum Gasteiger partial charge on any atom is 0.251 e. The van der Waals surface area contributed by atoms with Crippen LogP contribution in [0.25, 0.3) is 11.3 Å². The average molecular weight is 449 g/mol. The van der Waals surface area contributed by atoms with E-state index in [9.17, 15) is 8.78 Å². The highest BCUT2D eigenvalue weighted by Gasteiger charge is 2.49. The molecule has 6 rings (SSSR count). The minimum absolute atomic E-state index is 0.0216. The summed E-state index contributed by atoms with van der Waals surface area (Å²) in [6.45, 7) is 1.01. The molecule has 3 heterocycles. The van der Waals surface area contributed by atoms with E-state index in [1.807, 2.05) is 6.20 Å². The zero-order valence-corrected chi connectivity index (χ0v) is 18.1. The molecular weight excluding hydrogens is 422 g/mol. The van der Waals surface area contributed by atoms with Gasteiger partial charge in [0, 0.05) is 48.8 Å². The molecular formula is C22H27ClF2N6. The first-order valence-electron chi connectivity index (χ1n) is 11.4. The van der Waals surface area contributed by atoms with Crippen molar-refractivity contribution in [2.24, 2.45) is 5.41 Å². The van der Waals surface area contributed by atoms with Crippen LogP contribution in [0.4, 0.5) is 14.7 Å². The van der Waals surface area contributed by atoms with E-state index in [1.165, 1.54) is 18.5 Å². The Morgan fingerprint density at radius 2 is 1.77 bits per heavy atom. The summed E-state index contributed by atoms with van der Waals surface area (Å²) in [6, 6.07) is 0.576. The molecule has 0 unspecified atom stereocenters. The number of hydrogen-bond donors (Lipinski definition) is 2. The Labute approximate surface area is 185 Å². The molecule has 1 aliphatic heterocycles. The predicted molar refractivity (Wildman–Crippen MR) is 114 cm³/mol. The van der Waals surface area contributed by atoms with Gasteiger partial charge in [0.2, 0.25) is 5.95 Å². The minimum Gasteiger partial charge on any atom is -0.351 e. The standard InChI is InChI=1S/C22H27ClF2N6/c23-17-11-26-20(29-14-3-1-13(2-4-14)28-15-7-22(24,25)8-15)30-19(17)16-10-27-31-12-21(5-6-21)9-18(16)31/h10-11,13-15,28H,1-9,12H2,(H,26,29,30). The molecule has 6 nitrogen and oxygen atoms in total. The SMILES string of the molecule is FC1(F)CC(NC2CCC(Nc3ncc(Cl)c(-c4cnn5c4CC4(CC4)C5)n3)CC2)C1. The Kier molecular flexibility index (Phi) is 4.55. The molecule has 2 aromatic rings. The van der Waals surface area contributed by atoms with Gasteiger partial charge in [-0.25, -0.2) is 18.7 Å². The number of hydrogen-bond acceptors (Lipinski definition) is 5. The molecule has 2 N–H and O–H groups in total. The average Bonchev–Trinajstić information content (AvgIpc) is 3.21. The highest BCUT2D eigenvalue weighted by Crippen LogP contribution is 2.54. The monoisotopic (exact) mass is 448 g/mol. The molecule has 0 amide bonds. The highest BCUT2D eigenvalue weighted by molar-refractivity contribution is 6.33. The number of fused-ring (bicyclic) bond motifs is 1. The van der Waals surface area contributed by atoms with Crippen molar-refractivity contribution in [1.82, 2.24) is 25.1 Å². The van der Waals surface area contributed by atoms with Crippen LogP contribution in [-0.4, -0.2) is 43.8 Å². The fraction of sp³-hybridized carbons (Fsp3) is 0.682. The quantitative estimate of drug-likeness (QED) is 0.707. The summed E-state index contributed by atoms with van der Waals surface area (Å²) in [5, 5.41) is 12.0. The summed E-state index contributed by atoms with van der Waals surface area (Å²) >= 11 is 6.47. The summed E-state index contributed by atoms with van der Waals surface area (Å²) in [4.78, 5) is 9.16. The molecule has 0 radical (unpaired) electrons. The molecule has 0 atom stereocenters. The van der Waals surface area contributed by atoms with Gasteiger partial charge in [0.1, 0.15) is 0 Å². The van der Waals surface area contributed by atoms with Crippen LogP contribution in [0.2, 0.25) is 5.02 Å². The Bertz CT molecular complexity index is 988. The van der Waals surface area contributed by atoms with E-state index in [-0.39, 0.29) is 24.9 Å². The van der Waals surface area contributed by atoms with Gasteiger partial charge in [-0.1, -0.05) is 11.6 Å². The van der Waals surface area contributed by atoms with Crippen LogP contribution in [0.3, 0.4) is 0 Å². The van der Waals surface area contributed by atoms with E-state index >= 15 is 0 Å². The molecule has 3 aliphatic carbocycles. The van der Waals surface area contributed by atoms with Gasteiger partial charge in [-0.15, -0.1) is 0 Å². The van der Waals surface area contributed by atoms with Gasteiger partial charge < -0.3 is 10.6 Å². The maximum atomic E-state index is 13.0. The number of alkyl halides is 2. The summed E-state index contributed by atoms with van der Waals surface area (Å²) < 4.78 is 28.2. The third-order valence-corrected chi connectivity index (χ3v) is 7.83. The van der Waals surface area contributed by atoms with Crippen LogP contribution in [-0.2, 0) is 13.0 Å². The van der Waals surface area contributed by atoms with Gasteiger partial charge in [-0.05, 0) is 50.4 Å². The zero-order valence-electron chi connectivity index (χ0n) is 17.4. The summed E-state index contributed by atoms with van der Waals surface area (Å²) in [7, 11) is 0. The van der Waals surface area contributed by atoms with Crippen molar-refractivity contribution in [3.8, 4) is 11.3 Å². The summed E-state index contributed by atoms with van der Waals surface area (Å²) in [5.41, 5.74) is 3.43. The molecule has 0 saturated heterocycles. The number of anilines is 1. The van der Waals surface area contributed by atoms with Gasteiger partial charge in [-0.3, -0.25) is 4.68 Å². The largest absolute Gasteiger partial charge is 0.351 e. The van der Waals surface area contributed by atoms with Crippen LogP contribution < -0.4 is 10.6 Å². The Morgan fingerprint density at radius 1 is 1.03 bits per heavy atom. The van der Waals surface area contributed by atoms with Gasteiger partial charge in [0.25, 0.3) is 5.92 Å². The number of rotatable bonds is 5. The topological polar surface area (TPSA) is 67.7 Å². The van der Waals surface area contributed by atoms with E-state index in [0.717, 1.165) is 49.9 Å². The third kappa shape index (κ3) is 3.82. The third-order valence-electron chi connectivity index (χ3n) is 7.55. The van der Waals surface area contributed by atoms with E-state index in [1.54, 1.807) is 6.20 Å². The smallest absolute Gasteiger partial charge is 0.251 e. The van der Waals surface area contributed by atoms with Crippen LogP contribution in [0.15, 0.2) is 12.4 Å². The lowest BCUT2D eigenvalue weighted by atomic mass is 9.85. The highest BCUT2D eigenvalue weighted by atomic mass is 35.5. The second-order valence-electron chi connectivity index (χ2n) is 10.1. The first-order chi connectivity index (χ1) is 14.9. The van der Waals surface area contributed by atoms with Crippen molar-refractivity contribution >= 4 is 17.5 Å². The lowest BCUT2D eigenvalue weighted by Crippen LogP contribution is -2.52. The first kappa shape index (κ1) is 19.9. The van der Waals surface area contributed by atoms with Crippen molar-refractivity contribution in [2.45, 2.75) is 88.4 Å². The normalized spacial score (nSPS) is 28.4. The van der Waals surface area contributed by atoms with Gasteiger partial charge in [-0.2, -0.15) is 5.10 Å². The maximum absolute atomic E-state index is 13.0. The number of nitrogens with zero attached hydrogens (tertiary/aromatic N) is 4. The Morgan fingerprint density at radius 3 is 2.48 bits per heavy atom. The van der Waals surface area contributed by atoms with Crippen molar-refractivity contribution in [1.29, 1.82) is 0 Å². The van der Waals surface area contributed by atoms with E-state index in [2.05, 4.69) is 25.4 Å². The van der Waals surface area contributed by atoms with E-state index in [0.29, 0.717) is 22.4 Å². The van der Waals surface area contributed by atoms with Crippen LogP contribution in [0, 0.1) is 5.41 Å². The lowest BCUT2D eigenvalue weighted by Gasteiger charge is -2.40. The number of aromatic nitrogens is 4. The predicted octanol–water partition coefficient (Wildman–Crippen LogP) is 4.44. The zero-order chi connectivity index (χ0) is 21.2. The Hall–Kier alpha value is -1.80. The second-order valence-corrected chi connectivity index (χ2v) is 10.5. The van der Waals surface area contributed by atoms with Gasteiger partial charge in [0.15, 0.2) is 0 Å². The van der Waals surface area contributed by atoms with Gasteiger partial charge >= 0.3 is 0 Å². The molecule has 2 aromatic heterocycles. The Balaban J connectivity index is 1.09. The lowest BCUT2D eigenvalue weighted by molar-refractivity contribution is -0.0954. The molecule has 0 aromatic carbocycles. The van der Waals surface area contributed by atoms with E-state index in [4.69, 9.17) is 16.6 Å². The molecule has 1 spiro atoms. The number of halogens is 3. The summed E-state index contributed by atoms with van der Waals surface area (Å²) in [6.07, 6.45) is 11.0. The van der Waals surface area contributed by atoms with Crippen LogP contribution in [0.5, 0.6) is 0 Å². The van der Waals surface area contributed by atoms with Crippen molar-refractivity contribution in [3.63, 3.8) is 0 Å².